The van der Waals surface area contributed by atoms with Gasteiger partial charge < -0.3 is 10.6 Å². The summed E-state index contributed by atoms with van der Waals surface area (Å²) < 4.78 is 1.61. The van der Waals surface area contributed by atoms with Gasteiger partial charge in [0, 0.05) is 38.9 Å². The minimum Gasteiger partial charge on any atom is -0.382 e. The molecular formula is C13H21N5O. The van der Waals surface area contributed by atoms with Crippen molar-refractivity contribution in [2.75, 3.05) is 38.5 Å². The van der Waals surface area contributed by atoms with Crippen LogP contribution in [0.1, 0.15) is 12.8 Å². The second-order valence-electron chi connectivity index (χ2n) is 5.56. The van der Waals surface area contributed by atoms with E-state index in [0.29, 0.717) is 12.4 Å². The molecule has 0 unspecified atom stereocenters. The molecule has 1 aromatic rings. The number of amides is 1. The maximum atomic E-state index is 12.1. The Labute approximate surface area is 113 Å². The van der Waals surface area contributed by atoms with E-state index < -0.39 is 0 Å². The van der Waals surface area contributed by atoms with E-state index in [9.17, 15) is 4.79 Å². The van der Waals surface area contributed by atoms with Gasteiger partial charge in [0.25, 0.3) is 0 Å². The van der Waals surface area contributed by atoms with Gasteiger partial charge >= 0.3 is 0 Å². The van der Waals surface area contributed by atoms with Crippen LogP contribution in [0.4, 0.5) is 5.82 Å². The van der Waals surface area contributed by atoms with Crippen molar-refractivity contribution in [2.24, 2.45) is 5.92 Å². The largest absolute Gasteiger partial charge is 0.382 e. The van der Waals surface area contributed by atoms with Crippen molar-refractivity contribution in [3.8, 4) is 0 Å². The predicted molar refractivity (Wildman–Crippen MR) is 72.4 cm³/mol. The highest BCUT2D eigenvalue weighted by molar-refractivity contribution is 5.76. The normalized spacial score (nSPS) is 20.7. The molecule has 6 nitrogen and oxygen atoms in total. The summed E-state index contributed by atoms with van der Waals surface area (Å²) >= 11 is 0. The Morgan fingerprint density at radius 3 is 2.63 bits per heavy atom. The molecule has 104 valence electrons. The number of aromatic nitrogens is 2. The summed E-state index contributed by atoms with van der Waals surface area (Å²) in [5.41, 5.74) is 5.54. The molecule has 0 bridgehead atoms. The number of rotatable bonds is 4. The van der Waals surface area contributed by atoms with Crippen LogP contribution in [-0.4, -0.2) is 58.2 Å². The molecule has 2 heterocycles. The summed E-state index contributed by atoms with van der Waals surface area (Å²) in [5, 5.41) is 4.04. The topological polar surface area (TPSA) is 67.4 Å². The van der Waals surface area contributed by atoms with Gasteiger partial charge in [-0.2, -0.15) is 5.10 Å². The van der Waals surface area contributed by atoms with E-state index in [0.717, 1.165) is 32.1 Å². The second kappa shape index (κ2) is 5.21. The minimum absolute atomic E-state index is 0.133. The summed E-state index contributed by atoms with van der Waals surface area (Å²) in [7, 11) is 0. The molecule has 0 aromatic carbocycles. The zero-order chi connectivity index (χ0) is 13.2. The first kappa shape index (κ1) is 12.5. The van der Waals surface area contributed by atoms with Crippen LogP contribution < -0.4 is 5.73 Å². The van der Waals surface area contributed by atoms with Crippen molar-refractivity contribution in [1.29, 1.82) is 0 Å². The van der Waals surface area contributed by atoms with Crippen molar-refractivity contribution in [3.05, 3.63) is 12.3 Å². The average Bonchev–Trinajstić information content (AvgIpc) is 3.12. The SMILES string of the molecule is Nc1ccn(CC(=O)N2CCN(CC3CC3)CC2)n1. The lowest BCUT2D eigenvalue weighted by molar-refractivity contribution is -0.133. The summed E-state index contributed by atoms with van der Waals surface area (Å²) in [6.07, 6.45) is 4.52. The molecule has 19 heavy (non-hydrogen) atoms. The van der Waals surface area contributed by atoms with E-state index in [1.807, 2.05) is 4.90 Å². The number of nitrogens with zero attached hydrogens (tertiary/aromatic N) is 4. The minimum atomic E-state index is 0.133. The van der Waals surface area contributed by atoms with Crippen molar-refractivity contribution in [3.63, 3.8) is 0 Å². The van der Waals surface area contributed by atoms with Crippen LogP contribution in [0.25, 0.3) is 0 Å². The summed E-state index contributed by atoms with van der Waals surface area (Å²) in [6, 6.07) is 1.71. The standard InChI is InChI=1S/C13H21N5O/c14-12-3-4-18(15-12)10-13(19)17-7-5-16(6-8-17)9-11-1-2-11/h3-4,11H,1-2,5-10H2,(H2,14,15). The molecule has 2 fully saturated rings. The number of carbonyl (C=O) groups is 1. The third kappa shape index (κ3) is 3.26. The summed E-state index contributed by atoms with van der Waals surface area (Å²) in [4.78, 5) is 16.5. The van der Waals surface area contributed by atoms with Gasteiger partial charge in [-0.3, -0.25) is 14.4 Å². The third-order valence-corrected chi connectivity index (χ3v) is 3.90. The van der Waals surface area contributed by atoms with E-state index in [4.69, 9.17) is 5.73 Å². The monoisotopic (exact) mass is 263 g/mol. The van der Waals surface area contributed by atoms with Crippen molar-refractivity contribution < 1.29 is 4.79 Å². The third-order valence-electron chi connectivity index (χ3n) is 3.90. The number of carbonyl (C=O) groups excluding carboxylic acids is 1. The number of nitrogens with two attached hydrogens (primary N) is 1. The Bertz CT molecular complexity index is 446. The van der Waals surface area contributed by atoms with Gasteiger partial charge in [0.15, 0.2) is 0 Å². The van der Waals surface area contributed by atoms with Crippen LogP contribution in [0.2, 0.25) is 0 Å². The second-order valence-corrected chi connectivity index (χ2v) is 5.56. The Morgan fingerprint density at radius 2 is 2.05 bits per heavy atom. The molecule has 3 rings (SSSR count). The van der Waals surface area contributed by atoms with Crippen molar-refractivity contribution >= 4 is 11.7 Å². The van der Waals surface area contributed by atoms with Gasteiger partial charge in [-0.05, 0) is 24.8 Å². The zero-order valence-electron chi connectivity index (χ0n) is 11.2. The number of hydrogen-bond donors (Lipinski definition) is 1. The lowest BCUT2D eigenvalue weighted by Gasteiger charge is -2.34. The molecule has 0 atom stereocenters. The van der Waals surface area contributed by atoms with Gasteiger partial charge in [0.2, 0.25) is 5.91 Å². The van der Waals surface area contributed by atoms with E-state index in [1.165, 1.54) is 19.4 Å². The average molecular weight is 263 g/mol. The lowest BCUT2D eigenvalue weighted by atomic mass is 10.2. The van der Waals surface area contributed by atoms with E-state index >= 15 is 0 Å². The Kier molecular flexibility index (Phi) is 3.42. The molecule has 1 saturated carbocycles. The summed E-state index contributed by atoms with van der Waals surface area (Å²) in [5.74, 6) is 1.52. The highest BCUT2D eigenvalue weighted by Gasteiger charge is 2.27. The first-order valence-corrected chi connectivity index (χ1v) is 7.00. The quantitative estimate of drug-likeness (QED) is 0.831. The molecule has 0 spiro atoms. The van der Waals surface area contributed by atoms with E-state index in [-0.39, 0.29) is 5.91 Å². The fourth-order valence-corrected chi connectivity index (χ4v) is 2.55. The molecular weight excluding hydrogens is 242 g/mol. The molecule has 0 radical (unpaired) electrons. The van der Waals surface area contributed by atoms with Gasteiger partial charge in [-0.25, -0.2) is 0 Å². The van der Waals surface area contributed by atoms with Crippen molar-refractivity contribution in [2.45, 2.75) is 19.4 Å². The highest BCUT2D eigenvalue weighted by atomic mass is 16.2. The van der Waals surface area contributed by atoms with Gasteiger partial charge in [0.05, 0.1) is 0 Å². The van der Waals surface area contributed by atoms with Gasteiger partial charge in [-0.1, -0.05) is 0 Å². The van der Waals surface area contributed by atoms with Crippen LogP contribution in [0.3, 0.4) is 0 Å². The molecule has 1 aliphatic heterocycles. The lowest BCUT2D eigenvalue weighted by Crippen LogP contribution is -2.49. The number of hydrogen-bond acceptors (Lipinski definition) is 4. The predicted octanol–water partition coefficient (Wildman–Crippen LogP) is 0.0195. The molecule has 1 aromatic heterocycles. The summed E-state index contributed by atoms with van der Waals surface area (Å²) in [6.45, 7) is 5.19. The fourth-order valence-electron chi connectivity index (χ4n) is 2.55. The van der Waals surface area contributed by atoms with Crippen LogP contribution in [0, 0.1) is 5.92 Å². The van der Waals surface area contributed by atoms with Crippen molar-refractivity contribution in [1.82, 2.24) is 19.6 Å². The first-order chi connectivity index (χ1) is 9.20. The molecule has 1 saturated heterocycles. The highest BCUT2D eigenvalue weighted by Crippen LogP contribution is 2.29. The number of anilines is 1. The van der Waals surface area contributed by atoms with E-state index in [2.05, 4.69) is 10.00 Å². The van der Waals surface area contributed by atoms with Gasteiger partial charge in [0.1, 0.15) is 12.4 Å². The molecule has 2 N–H and O–H groups in total. The first-order valence-electron chi connectivity index (χ1n) is 7.00. The molecule has 1 aliphatic carbocycles. The van der Waals surface area contributed by atoms with E-state index in [1.54, 1.807) is 16.9 Å². The Hall–Kier alpha value is -1.56. The zero-order valence-corrected chi connectivity index (χ0v) is 11.2. The molecule has 2 aliphatic rings. The molecule has 6 heteroatoms. The van der Waals surface area contributed by atoms with Crippen LogP contribution in [0.15, 0.2) is 12.3 Å². The van der Waals surface area contributed by atoms with Gasteiger partial charge in [-0.15, -0.1) is 0 Å². The maximum Gasteiger partial charge on any atom is 0.244 e. The molecule has 1 amide bonds. The Balaban J connectivity index is 1.46. The van der Waals surface area contributed by atoms with Crippen LogP contribution in [0.5, 0.6) is 0 Å². The number of piperazine rings is 1. The maximum absolute atomic E-state index is 12.1. The van der Waals surface area contributed by atoms with Crippen LogP contribution >= 0.6 is 0 Å². The number of nitrogen functional groups attached to an aromatic ring is 1. The smallest absolute Gasteiger partial charge is 0.244 e. The Morgan fingerprint density at radius 1 is 1.32 bits per heavy atom. The fraction of sp³-hybridized carbons (Fsp3) is 0.692. The van der Waals surface area contributed by atoms with Crippen LogP contribution in [-0.2, 0) is 11.3 Å².